The third-order valence-electron chi connectivity index (χ3n) is 3.75. The predicted octanol–water partition coefficient (Wildman–Crippen LogP) is 3.25. The summed E-state index contributed by atoms with van der Waals surface area (Å²) in [6.45, 7) is 2.01. The van der Waals surface area contributed by atoms with Gasteiger partial charge in [0.25, 0.3) is 5.56 Å². The molecule has 0 spiro atoms. The molecule has 144 valence electrons. The molecule has 0 aliphatic rings. The van der Waals surface area contributed by atoms with E-state index in [-0.39, 0.29) is 23.9 Å². The Kier molecular flexibility index (Phi) is 6.01. The molecule has 3 rings (SSSR count). The summed E-state index contributed by atoms with van der Waals surface area (Å²) in [6, 6.07) is 12.8. The highest BCUT2D eigenvalue weighted by molar-refractivity contribution is 5.81. The number of nitrogens with one attached hydrogen (secondary N) is 2. The van der Waals surface area contributed by atoms with Crippen molar-refractivity contribution >= 4 is 12.2 Å². The van der Waals surface area contributed by atoms with Crippen molar-refractivity contribution in [2.75, 3.05) is 12.5 Å². The second kappa shape index (κ2) is 8.81. The number of halogens is 1. The molecule has 1 heterocycles. The fourth-order valence-electron chi connectivity index (χ4n) is 2.43. The molecule has 3 aromatic rings. The summed E-state index contributed by atoms with van der Waals surface area (Å²) in [4.78, 5) is 18.1. The summed E-state index contributed by atoms with van der Waals surface area (Å²) in [5.74, 6) is 1.06. The number of anilines is 1. The van der Waals surface area contributed by atoms with Gasteiger partial charge in [-0.3, -0.25) is 9.78 Å². The van der Waals surface area contributed by atoms with Gasteiger partial charge in [-0.05, 0) is 48.4 Å². The van der Waals surface area contributed by atoms with Crippen molar-refractivity contribution in [2.45, 2.75) is 13.5 Å². The molecule has 0 saturated carbocycles. The number of H-pyrrole nitrogens is 1. The van der Waals surface area contributed by atoms with Gasteiger partial charge in [-0.2, -0.15) is 5.10 Å². The number of hydrazone groups is 1. The van der Waals surface area contributed by atoms with Crippen molar-refractivity contribution in [2.24, 2.45) is 5.10 Å². The van der Waals surface area contributed by atoms with Gasteiger partial charge in [-0.25, -0.2) is 14.8 Å². The van der Waals surface area contributed by atoms with Crippen LogP contribution in [0.1, 0.15) is 16.8 Å². The molecule has 0 aliphatic carbocycles. The van der Waals surface area contributed by atoms with Gasteiger partial charge in [-0.15, -0.1) is 0 Å². The van der Waals surface area contributed by atoms with Crippen LogP contribution in [0.2, 0.25) is 0 Å². The summed E-state index contributed by atoms with van der Waals surface area (Å²) in [7, 11) is 1.54. The van der Waals surface area contributed by atoms with Crippen LogP contribution in [0.15, 0.2) is 58.4 Å². The van der Waals surface area contributed by atoms with Gasteiger partial charge in [-0.1, -0.05) is 12.1 Å². The quantitative estimate of drug-likeness (QED) is 0.484. The SMILES string of the molecule is COc1cc(/C=N/Nc2nc(C)cc(=O)[nH]2)ccc1OCc1ccc(F)cc1. The lowest BCUT2D eigenvalue weighted by Gasteiger charge is -2.11. The Hall–Kier alpha value is -3.68. The van der Waals surface area contributed by atoms with Crippen LogP contribution in [0.25, 0.3) is 0 Å². The highest BCUT2D eigenvalue weighted by Crippen LogP contribution is 2.28. The molecule has 0 saturated heterocycles. The van der Waals surface area contributed by atoms with Gasteiger partial charge in [0.15, 0.2) is 11.5 Å². The van der Waals surface area contributed by atoms with Crippen molar-refractivity contribution in [3.8, 4) is 11.5 Å². The van der Waals surface area contributed by atoms with E-state index in [1.807, 2.05) is 0 Å². The first-order chi connectivity index (χ1) is 13.5. The number of aromatic amines is 1. The van der Waals surface area contributed by atoms with E-state index in [1.165, 1.54) is 18.2 Å². The summed E-state index contributed by atoms with van der Waals surface area (Å²) in [5, 5.41) is 4.06. The van der Waals surface area contributed by atoms with Gasteiger partial charge in [0.1, 0.15) is 12.4 Å². The van der Waals surface area contributed by atoms with Crippen molar-refractivity contribution in [1.82, 2.24) is 9.97 Å². The number of nitrogens with zero attached hydrogens (tertiary/aromatic N) is 2. The Morgan fingerprint density at radius 2 is 1.96 bits per heavy atom. The maximum absolute atomic E-state index is 13.0. The monoisotopic (exact) mass is 382 g/mol. The van der Waals surface area contributed by atoms with E-state index < -0.39 is 0 Å². The second-order valence-electron chi connectivity index (χ2n) is 5.93. The molecule has 1 aromatic heterocycles. The second-order valence-corrected chi connectivity index (χ2v) is 5.93. The highest BCUT2D eigenvalue weighted by Gasteiger charge is 2.06. The topological polar surface area (TPSA) is 88.6 Å². The van der Waals surface area contributed by atoms with Gasteiger partial charge < -0.3 is 9.47 Å². The zero-order chi connectivity index (χ0) is 19.9. The molecule has 7 nitrogen and oxygen atoms in total. The van der Waals surface area contributed by atoms with Gasteiger partial charge in [0.2, 0.25) is 5.95 Å². The molecule has 0 unspecified atom stereocenters. The third kappa shape index (κ3) is 5.16. The smallest absolute Gasteiger partial charge is 0.252 e. The summed E-state index contributed by atoms with van der Waals surface area (Å²) in [5.41, 5.74) is 4.61. The molecule has 2 N–H and O–H groups in total. The minimum absolute atomic E-state index is 0.255. The van der Waals surface area contributed by atoms with E-state index in [2.05, 4.69) is 20.5 Å². The minimum Gasteiger partial charge on any atom is -0.493 e. The lowest BCUT2D eigenvalue weighted by Crippen LogP contribution is -2.10. The average molecular weight is 382 g/mol. The lowest BCUT2D eigenvalue weighted by molar-refractivity contribution is 0.284. The number of aromatic nitrogens is 2. The van der Waals surface area contributed by atoms with Crippen LogP contribution in [0.5, 0.6) is 11.5 Å². The van der Waals surface area contributed by atoms with Crippen LogP contribution in [-0.4, -0.2) is 23.3 Å². The Morgan fingerprint density at radius 1 is 1.18 bits per heavy atom. The first-order valence-corrected chi connectivity index (χ1v) is 8.46. The number of hydrogen-bond acceptors (Lipinski definition) is 6. The molecule has 0 bridgehead atoms. The molecule has 28 heavy (non-hydrogen) atoms. The normalized spacial score (nSPS) is 10.8. The van der Waals surface area contributed by atoms with E-state index in [1.54, 1.807) is 50.6 Å². The molecule has 8 heteroatoms. The van der Waals surface area contributed by atoms with Crippen molar-refractivity contribution in [1.29, 1.82) is 0 Å². The first-order valence-electron chi connectivity index (χ1n) is 8.46. The number of rotatable bonds is 7. The van der Waals surface area contributed by atoms with E-state index >= 15 is 0 Å². The number of hydrogen-bond donors (Lipinski definition) is 2. The summed E-state index contributed by atoms with van der Waals surface area (Å²) >= 11 is 0. The molecule has 0 atom stereocenters. The van der Waals surface area contributed by atoms with Gasteiger partial charge in [0.05, 0.1) is 13.3 Å². The Balaban J connectivity index is 1.66. The van der Waals surface area contributed by atoms with E-state index in [4.69, 9.17) is 9.47 Å². The van der Waals surface area contributed by atoms with Crippen molar-refractivity contribution < 1.29 is 13.9 Å². The Morgan fingerprint density at radius 3 is 2.68 bits per heavy atom. The standard InChI is InChI=1S/C20H19FN4O3/c1-13-9-19(26)24-20(23-13)25-22-11-15-5-8-17(18(10-15)27-2)28-12-14-3-6-16(21)7-4-14/h3-11H,12H2,1-2H3,(H2,23,24,25,26)/b22-11+. The zero-order valence-corrected chi connectivity index (χ0v) is 15.4. The summed E-state index contributed by atoms with van der Waals surface area (Å²) < 4.78 is 24.1. The van der Waals surface area contributed by atoms with Crippen molar-refractivity contribution in [3.05, 3.63) is 81.5 Å². The number of methoxy groups -OCH3 is 1. The zero-order valence-electron chi connectivity index (χ0n) is 15.4. The molecular formula is C20H19FN4O3. The van der Waals surface area contributed by atoms with Crippen LogP contribution < -0.4 is 20.5 Å². The van der Waals surface area contributed by atoms with Crippen molar-refractivity contribution in [3.63, 3.8) is 0 Å². The van der Waals surface area contributed by atoms with Gasteiger partial charge >= 0.3 is 0 Å². The Labute approximate surface area is 160 Å². The molecular weight excluding hydrogens is 363 g/mol. The van der Waals surface area contributed by atoms with Crippen LogP contribution in [0.3, 0.4) is 0 Å². The predicted molar refractivity (Wildman–Crippen MR) is 105 cm³/mol. The average Bonchev–Trinajstić information content (AvgIpc) is 2.67. The van der Waals surface area contributed by atoms with Crippen LogP contribution in [-0.2, 0) is 6.61 Å². The van der Waals surface area contributed by atoms with Crippen LogP contribution >= 0.6 is 0 Å². The maximum Gasteiger partial charge on any atom is 0.252 e. The Bertz CT molecular complexity index is 1030. The fourth-order valence-corrected chi connectivity index (χ4v) is 2.43. The van der Waals surface area contributed by atoms with Crippen LogP contribution in [0, 0.1) is 12.7 Å². The lowest BCUT2D eigenvalue weighted by atomic mass is 10.2. The third-order valence-corrected chi connectivity index (χ3v) is 3.75. The molecule has 0 radical (unpaired) electrons. The number of benzene rings is 2. The van der Waals surface area contributed by atoms with Gasteiger partial charge in [0, 0.05) is 11.8 Å². The van der Waals surface area contributed by atoms with E-state index in [0.29, 0.717) is 17.2 Å². The largest absolute Gasteiger partial charge is 0.493 e. The number of ether oxygens (including phenoxy) is 2. The highest BCUT2D eigenvalue weighted by atomic mass is 19.1. The van der Waals surface area contributed by atoms with E-state index in [0.717, 1.165) is 11.1 Å². The first kappa shape index (κ1) is 19.1. The molecule has 0 amide bonds. The number of aryl methyl sites for hydroxylation is 1. The van der Waals surface area contributed by atoms with E-state index in [9.17, 15) is 9.18 Å². The maximum atomic E-state index is 13.0. The molecule has 2 aromatic carbocycles. The van der Waals surface area contributed by atoms with Crippen LogP contribution in [0.4, 0.5) is 10.3 Å². The molecule has 0 aliphatic heterocycles. The molecule has 0 fully saturated rings. The minimum atomic E-state index is -0.288. The summed E-state index contributed by atoms with van der Waals surface area (Å²) in [6.07, 6.45) is 1.56. The fraction of sp³-hybridized carbons (Fsp3) is 0.150.